The highest BCUT2D eigenvalue weighted by molar-refractivity contribution is 7.89. The number of sulfonamides is 1. The number of benzene rings is 2. The van der Waals surface area contributed by atoms with Crippen LogP contribution in [-0.4, -0.2) is 33.8 Å². The van der Waals surface area contributed by atoms with Crippen molar-refractivity contribution in [3.63, 3.8) is 0 Å². The van der Waals surface area contributed by atoms with E-state index >= 15 is 0 Å². The lowest BCUT2D eigenvalue weighted by molar-refractivity contribution is 0.161. The highest BCUT2D eigenvalue weighted by Gasteiger charge is 2.53. The standard InChI is InChI=1S/C23H20FN5O2S/c1-28-13-15(11-26-28)18-7-6-17(8-21(18)24)32(30,31)27-16-9-23(10-16)20-5-3-2-4-19(20)22-12-25-14-29(22)23/h2-8,11-14,16,27H,9-10H2,1H3. The van der Waals surface area contributed by atoms with Crippen LogP contribution in [0.25, 0.3) is 22.4 Å². The quantitative estimate of drug-likeness (QED) is 0.518. The maximum atomic E-state index is 14.7. The molecule has 0 bridgehead atoms. The average molecular weight is 450 g/mol. The zero-order chi connectivity index (χ0) is 22.1. The molecule has 162 valence electrons. The number of halogens is 1. The minimum atomic E-state index is -3.86. The van der Waals surface area contributed by atoms with Gasteiger partial charge in [0.15, 0.2) is 0 Å². The average Bonchev–Trinajstić information content (AvgIpc) is 3.44. The van der Waals surface area contributed by atoms with Crippen LogP contribution in [0.3, 0.4) is 0 Å². The Morgan fingerprint density at radius 3 is 2.69 bits per heavy atom. The minimum Gasteiger partial charge on any atom is -0.320 e. The van der Waals surface area contributed by atoms with Crippen LogP contribution >= 0.6 is 0 Å². The summed E-state index contributed by atoms with van der Waals surface area (Å²) in [5, 5.41) is 4.04. The van der Waals surface area contributed by atoms with E-state index in [0.717, 1.165) is 17.3 Å². The summed E-state index contributed by atoms with van der Waals surface area (Å²) in [6.07, 6.45) is 8.11. The fraction of sp³-hybridized carbons (Fsp3) is 0.217. The van der Waals surface area contributed by atoms with Crippen LogP contribution < -0.4 is 4.72 Å². The van der Waals surface area contributed by atoms with Crippen molar-refractivity contribution in [3.8, 4) is 22.4 Å². The number of nitrogens with one attached hydrogen (secondary N) is 1. The van der Waals surface area contributed by atoms with Crippen LogP contribution in [0, 0.1) is 5.82 Å². The van der Waals surface area contributed by atoms with Gasteiger partial charge in [-0.1, -0.05) is 24.3 Å². The Morgan fingerprint density at radius 1 is 1.12 bits per heavy atom. The lowest BCUT2D eigenvalue weighted by atomic mass is 9.69. The summed E-state index contributed by atoms with van der Waals surface area (Å²) in [6.45, 7) is 0. The molecule has 32 heavy (non-hydrogen) atoms. The summed E-state index contributed by atoms with van der Waals surface area (Å²) in [5.41, 5.74) is 4.01. The van der Waals surface area contributed by atoms with Gasteiger partial charge in [-0.2, -0.15) is 5.10 Å². The second-order valence-electron chi connectivity index (χ2n) is 8.50. The number of hydrogen-bond acceptors (Lipinski definition) is 4. The molecule has 0 atom stereocenters. The molecule has 3 heterocycles. The van der Waals surface area contributed by atoms with Crippen LogP contribution in [-0.2, 0) is 22.6 Å². The van der Waals surface area contributed by atoms with Crippen molar-refractivity contribution in [1.82, 2.24) is 24.1 Å². The molecular weight excluding hydrogens is 429 g/mol. The summed E-state index contributed by atoms with van der Waals surface area (Å²) in [7, 11) is -2.12. The van der Waals surface area contributed by atoms with Crippen molar-refractivity contribution >= 4 is 10.0 Å². The number of aromatic nitrogens is 4. The van der Waals surface area contributed by atoms with Gasteiger partial charge >= 0.3 is 0 Å². The Morgan fingerprint density at radius 2 is 1.94 bits per heavy atom. The Balaban J connectivity index is 1.24. The van der Waals surface area contributed by atoms with Gasteiger partial charge in [-0.15, -0.1) is 0 Å². The van der Waals surface area contributed by atoms with Gasteiger partial charge in [0.25, 0.3) is 0 Å². The molecule has 1 fully saturated rings. The van der Waals surface area contributed by atoms with E-state index in [0.29, 0.717) is 24.0 Å². The number of hydrogen-bond donors (Lipinski definition) is 1. The molecule has 2 aromatic carbocycles. The van der Waals surface area contributed by atoms with E-state index in [1.807, 2.05) is 24.7 Å². The monoisotopic (exact) mass is 449 g/mol. The molecule has 2 aliphatic rings. The summed E-state index contributed by atoms with van der Waals surface area (Å²) in [6, 6.07) is 11.9. The van der Waals surface area contributed by atoms with Crippen LogP contribution in [0.5, 0.6) is 0 Å². The molecule has 2 aromatic heterocycles. The SMILES string of the molecule is Cn1cc(-c2ccc(S(=O)(=O)NC3CC4(C3)c3ccccc3-c3cncn34)cc2F)cn1. The molecule has 0 amide bonds. The molecule has 7 nitrogen and oxygen atoms in total. The Hall–Kier alpha value is -3.30. The van der Waals surface area contributed by atoms with Crippen molar-refractivity contribution < 1.29 is 12.8 Å². The van der Waals surface area contributed by atoms with Gasteiger partial charge in [0.05, 0.1) is 34.8 Å². The molecular formula is C23H20FN5O2S. The summed E-state index contributed by atoms with van der Waals surface area (Å²) >= 11 is 0. The highest BCUT2D eigenvalue weighted by Crippen LogP contribution is 2.54. The zero-order valence-corrected chi connectivity index (χ0v) is 18.1. The zero-order valence-electron chi connectivity index (χ0n) is 17.2. The molecule has 9 heteroatoms. The topological polar surface area (TPSA) is 81.8 Å². The van der Waals surface area contributed by atoms with Crippen LogP contribution in [0.4, 0.5) is 4.39 Å². The smallest absolute Gasteiger partial charge is 0.240 e. The molecule has 0 saturated heterocycles. The molecule has 4 aromatic rings. The molecule has 6 rings (SSSR count). The lowest BCUT2D eigenvalue weighted by Crippen LogP contribution is -2.55. The molecule has 1 N–H and O–H groups in total. The first-order valence-corrected chi connectivity index (χ1v) is 11.8. The largest absolute Gasteiger partial charge is 0.320 e. The van der Waals surface area contributed by atoms with Crippen molar-refractivity contribution in [3.05, 3.63) is 78.8 Å². The van der Waals surface area contributed by atoms with E-state index < -0.39 is 15.8 Å². The number of imidazole rings is 1. The minimum absolute atomic E-state index is 0.0845. The van der Waals surface area contributed by atoms with Crippen LogP contribution in [0.1, 0.15) is 18.4 Å². The van der Waals surface area contributed by atoms with Gasteiger partial charge in [0, 0.05) is 36.0 Å². The second kappa shape index (κ2) is 6.60. The van der Waals surface area contributed by atoms with E-state index in [2.05, 4.69) is 31.5 Å². The van der Waals surface area contributed by atoms with Crippen molar-refractivity contribution in [2.24, 2.45) is 7.05 Å². The molecule has 0 unspecified atom stereocenters. The first-order valence-electron chi connectivity index (χ1n) is 10.3. The highest BCUT2D eigenvalue weighted by atomic mass is 32.2. The molecule has 1 spiro atoms. The van der Waals surface area contributed by atoms with Gasteiger partial charge < -0.3 is 4.57 Å². The number of fused-ring (bicyclic) bond motifs is 5. The number of aryl methyl sites for hydroxylation is 1. The van der Waals surface area contributed by atoms with Crippen LogP contribution in [0.2, 0.25) is 0 Å². The summed E-state index contributed by atoms with van der Waals surface area (Å²) in [4.78, 5) is 4.20. The Bertz CT molecular complexity index is 1470. The van der Waals surface area contributed by atoms with Crippen molar-refractivity contribution in [2.45, 2.75) is 29.3 Å². The second-order valence-corrected chi connectivity index (χ2v) is 10.2. The fourth-order valence-electron chi connectivity index (χ4n) is 5.08. The maximum absolute atomic E-state index is 14.7. The summed E-state index contributed by atoms with van der Waals surface area (Å²) < 4.78 is 47.1. The Labute approximate surface area is 184 Å². The van der Waals surface area contributed by atoms with Crippen molar-refractivity contribution in [1.29, 1.82) is 0 Å². The molecule has 0 radical (unpaired) electrons. The first-order chi connectivity index (χ1) is 15.4. The first kappa shape index (κ1) is 19.4. The van der Waals surface area contributed by atoms with Gasteiger partial charge in [-0.05, 0) is 36.6 Å². The van der Waals surface area contributed by atoms with E-state index in [4.69, 9.17) is 0 Å². The van der Waals surface area contributed by atoms with Crippen molar-refractivity contribution in [2.75, 3.05) is 0 Å². The third-order valence-corrected chi connectivity index (χ3v) is 8.08. The lowest BCUT2D eigenvalue weighted by Gasteiger charge is -2.47. The molecule has 1 aliphatic heterocycles. The predicted molar refractivity (Wildman–Crippen MR) is 117 cm³/mol. The normalized spacial score (nSPS) is 21.4. The predicted octanol–water partition coefficient (Wildman–Crippen LogP) is 3.29. The number of nitrogens with zero attached hydrogens (tertiary/aromatic N) is 4. The van der Waals surface area contributed by atoms with E-state index in [9.17, 15) is 12.8 Å². The molecule has 1 aliphatic carbocycles. The third-order valence-electron chi connectivity index (χ3n) is 6.56. The number of rotatable bonds is 4. The van der Waals surface area contributed by atoms with Gasteiger partial charge in [-0.25, -0.2) is 22.5 Å². The maximum Gasteiger partial charge on any atom is 0.240 e. The summed E-state index contributed by atoms with van der Waals surface area (Å²) in [5.74, 6) is -0.598. The fourth-order valence-corrected chi connectivity index (χ4v) is 6.33. The molecule has 1 saturated carbocycles. The Kier molecular flexibility index (Phi) is 4.00. The van der Waals surface area contributed by atoms with Gasteiger partial charge in [0.1, 0.15) is 5.82 Å². The van der Waals surface area contributed by atoms with Gasteiger partial charge in [-0.3, -0.25) is 4.68 Å². The van der Waals surface area contributed by atoms with E-state index in [1.54, 1.807) is 24.1 Å². The van der Waals surface area contributed by atoms with Gasteiger partial charge in [0.2, 0.25) is 10.0 Å². The van der Waals surface area contributed by atoms with E-state index in [1.165, 1.54) is 17.7 Å². The third kappa shape index (κ3) is 2.71. The van der Waals surface area contributed by atoms with Crippen LogP contribution in [0.15, 0.2) is 72.3 Å². The van der Waals surface area contributed by atoms with E-state index in [-0.39, 0.29) is 16.5 Å².